The molecule has 0 spiro atoms. The zero-order valence-corrected chi connectivity index (χ0v) is 28.7. The second-order valence-corrected chi connectivity index (χ2v) is 15.4. The second kappa shape index (κ2) is 12.9. The molecule has 0 atom stereocenters. The highest BCUT2D eigenvalue weighted by Crippen LogP contribution is 2.47. The maximum Gasteiger partial charge on any atom is 0.171 e. The Labute approximate surface area is 297 Å². The molecule has 0 N–H and O–H groups in total. The molecule has 4 heteroatoms. The summed E-state index contributed by atoms with van der Waals surface area (Å²) in [4.78, 5) is 7.78. The third-order valence-corrected chi connectivity index (χ3v) is 12.7. The lowest BCUT2D eigenvalue weighted by Crippen LogP contribution is -2.25. The normalized spacial score (nSPS) is 11.6. The molecule has 9 rings (SSSR count). The molecule has 0 saturated heterocycles. The first kappa shape index (κ1) is 30.8. The molecular weight excluding hydrogens is 640 g/mol. The van der Waals surface area contributed by atoms with Crippen molar-refractivity contribution in [1.82, 2.24) is 4.98 Å². The van der Waals surface area contributed by atoms with E-state index < -0.39 is 7.14 Å². The van der Waals surface area contributed by atoms with Crippen LogP contribution < -0.4 is 20.8 Å². The number of nitrogens with zero attached hydrogens (tertiary/aromatic N) is 2. The number of hydrogen-bond acceptors (Lipinski definition) is 3. The van der Waals surface area contributed by atoms with Gasteiger partial charge in [0, 0.05) is 54.4 Å². The SMILES string of the molecule is O=P(c1ccccc1)(c1ccccc1)c1ccc2c(c1)nc(-c1ccccc1)c1cc(N(c3ccccc3)c3ccccc3)c3ccccc3c12. The Bertz CT molecular complexity index is 2620. The van der Waals surface area contributed by atoms with Gasteiger partial charge in [0.1, 0.15) is 0 Å². The summed E-state index contributed by atoms with van der Waals surface area (Å²) in [6.45, 7) is 0. The molecule has 1 heterocycles. The molecule has 0 amide bonds. The highest BCUT2D eigenvalue weighted by atomic mass is 31.2. The van der Waals surface area contributed by atoms with Crippen molar-refractivity contribution in [3.05, 3.63) is 200 Å². The lowest BCUT2D eigenvalue weighted by atomic mass is 9.93. The summed E-state index contributed by atoms with van der Waals surface area (Å²) < 4.78 is 15.4. The van der Waals surface area contributed by atoms with Crippen LogP contribution in [0.1, 0.15) is 0 Å². The molecule has 51 heavy (non-hydrogen) atoms. The van der Waals surface area contributed by atoms with E-state index in [-0.39, 0.29) is 0 Å². The lowest BCUT2D eigenvalue weighted by Gasteiger charge is -2.28. The quantitative estimate of drug-likeness (QED) is 0.125. The van der Waals surface area contributed by atoms with E-state index in [1.807, 2.05) is 66.7 Å². The van der Waals surface area contributed by atoms with Crippen molar-refractivity contribution in [2.24, 2.45) is 0 Å². The van der Waals surface area contributed by atoms with Crippen LogP contribution in [0.15, 0.2) is 200 Å². The summed E-state index contributed by atoms with van der Waals surface area (Å²) in [5.74, 6) is 0. The molecule has 0 bridgehead atoms. The van der Waals surface area contributed by atoms with Gasteiger partial charge in [-0.15, -0.1) is 0 Å². The van der Waals surface area contributed by atoms with E-state index >= 15 is 4.57 Å². The molecule has 242 valence electrons. The van der Waals surface area contributed by atoms with Crippen molar-refractivity contribution in [2.45, 2.75) is 0 Å². The molecule has 3 nitrogen and oxygen atoms in total. The van der Waals surface area contributed by atoms with Gasteiger partial charge in [-0.3, -0.25) is 0 Å². The lowest BCUT2D eigenvalue weighted by molar-refractivity contribution is 0.592. The maximum absolute atomic E-state index is 15.4. The van der Waals surface area contributed by atoms with Gasteiger partial charge < -0.3 is 9.46 Å². The first-order valence-corrected chi connectivity index (χ1v) is 18.9. The molecule has 0 fully saturated rings. The van der Waals surface area contributed by atoms with E-state index in [9.17, 15) is 0 Å². The van der Waals surface area contributed by atoms with Crippen molar-refractivity contribution < 1.29 is 4.57 Å². The van der Waals surface area contributed by atoms with Crippen LogP contribution in [0.25, 0.3) is 43.7 Å². The van der Waals surface area contributed by atoms with Gasteiger partial charge >= 0.3 is 0 Å². The van der Waals surface area contributed by atoms with Crippen molar-refractivity contribution in [3.8, 4) is 11.3 Å². The monoisotopic (exact) mass is 672 g/mol. The topological polar surface area (TPSA) is 33.2 Å². The van der Waals surface area contributed by atoms with Crippen LogP contribution >= 0.6 is 7.14 Å². The van der Waals surface area contributed by atoms with E-state index in [0.717, 1.165) is 76.7 Å². The van der Waals surface area contributed by atoms with Crippen LogP contribution in [0.4, 0.5) is 17.1 Å². The summed E-state index contributed by atoms with van der Waals surface area (Å²) >= 11 is 0. The number of aromatic nitrogens is 1. The van der Waals surface area contributed by atoms with Crippen LogP contribution in [0.5, 0.6) is 0 Å². The Morgan fingerprint density at radius 1 is 0.412 bits per heavy atom. The molecule has 0 unspecified atom stereocenters. The van der Waals surface area contributed by atoms with Crippen molar-refractivity contribution in [1.29, 1.82) is 0 Å². The minimum Gasteiger partial charge on any atom is -0.310 e. The number of fused-ring (bicyclic) bond motifs is 5. The predicted octanol–water partition coefficient (Wildman–Crippen LogP) is 11.3. The van der Waals surface area contributed by atoms with Gasteiger partial charge in [0.2, 0.25) is 0 Å². The number of rotatable bonds is 7. The fourth-order valence-electron chi connectivity index (χ4n) is 7.34. The summed E-state index contributed by atoms with van der Waals surface area (Å²) in [5, 5.41) is 7.84. The fraction of sp³-hybridized carbons (Fsp3) is 0. The smallest absolute Gasteiger partial charge is 0.171 e. The van der Waals surface area contributed by atoms with Gasteiger partial charge in [-0.25, -0.2) is 4.98 Å². The minimum absolute atomic E-state index is 0.763. The third-order valence-electron chi connectivity index (χ3n) is 9.68. The Balaban J connectivity index is 1.38. The van der Waals surface area contributed by atoms with Gasteiger partial charge in [-0.2, -0.15) is 0 Å². The van der Waals surface area contributed by atoms with Gasteiger partial charge in [-0.05, 0) is 41.8 Å². The Morgan fingerprint density at radius 2 is 0.902 bits per heavy atom. The van der Waals surface area contributed by atoms with Crippen LogP contribution in [-0.4, -0.2) is 4.98 Å². The highest BCUT2D eigenvalue weighted by Gasteiger charge is 2.30. The maximum atomic E-state index is 15.4. The Morgan fingerprint density at radius 3 is 1.47 bits per heavy atom. The molecule has 9 aromatic rings. The molecule has 0 aliphatic rings. The number of anilines is 3. The summed E-state index contributed by atoms with van der Waals surface area (Å²) in [6, 6.07) is 68.3. The third kappa shape index (κ3) is 5.31. The predicted molar refractivity (Wildman–Crippen MR) is 216 cm³/mol. The Hall–Kier alpha value is -6.28. The van der Waals surface area contributed by atoms with Crippen LogP contribution in [0.3, 0.4) is 0 Å². The van der Waals surface area contributed by atoms with Crippen molar-refractivity contribution in [3.63, 3.8) is 0 Å². The molecule has 8 aromatic carbocycles. The Kier molecular flexibility index (Phi) is 7.76. The largest absolute Gasteiger partial charge is 0.310 e. The van der Waals surface area contributed by atoms with E-state index in [2.05, 4.69) is 138 Å². The first-order chi connectivity index (χ1) is 25.2. The number of para-hydroxylation sites is 2. The van der Waals surface area contributed by atoms with E-state index in [1.165, 1.54) is 0 Å². The zero-order valence-electron chi connectivity index (χ0n) is 27.8. The van der Waals surface area contributed by atoms with Crippen LogP contribution in [-0.2, 0) is 4.57 Å². The average Bonchev–Trinajstić information content (AvgIpc) is 3.22. The van der Waals surface area contributed by atoms with Gasteiger partial charge in [0.25, 0.3) is 0 Å². The first-order valence-electron chi connectivity index (χ1n) is 17.2. The van der Waals surface area contributed by atoms with Gasteiger partial charge in [-0.1, -0.05) is 164 Å². The molecule has 0 radical (unpaired) electrons. The molecular formula is C47H33N2OP. The average molecular weight is 673 g/mol. The van der Waals surface area contributed by atoms with Crippen molar-refractivity contribution in [2.75, 3.05) is 4.90 Å². The minimum atomic E-state index is -3.21. The van der Waals surface area contributed by atoms with Crippen molar-refractivity contribution >= 4 is 72.6 Å². The zero-order chi connectivity index (χ0) is 34.2. The van der Waals surface area contributed by atoms with E-state index in [1.54, 1.807) is 0 Å². The van der Waals surface area contributed by atoms with Crippen LogP contribution in [0.2, 0.25) is 0 Å². The fourth-order valence-corrected chi connectivity index (χ4v) is 10.0. The molecule has 1 aromatic heterocycles. The number of benzene rings is 8. The van der Waals surface area contributed by atoms with Gasteiger partial charge in [0.15, 0.2) is 7.14 Å². The van der Waals surface area contributed by atoms with Crippen LogP contribution in [0, 0.1) is 0 Å². The standard InChI is InChI=1S/C47H33N2OP/c50-51(37-24-12-4-13-25-37,38-26-14-5-15-27-38)39-30-31-42-44(32-39)48-47(34-18-6-1-7-19-34)43-33-45(40-28-16-17-29-41(40)46(42)43)49(35-20-8-2-9-21-35)36-22-10-3-11-23-36/h1-33H. The summed E-state index contributed by atoms with van der Waals surface area (Å²) in [6.07, 6.45) is 0. The number of pyridine rings is 1. The highest BCUT2D eigenvalue weighted by molar-refractivity contribution is 7.85. The van der Waals surface area contributed by atoms with E-state index in [4.69, 9.17) is 4.98 Å². The summed E-state index contributed by atoms with van der Waals surface area (Å²) in [5.41, 5.74) is 5.94. The summed E-state index contributed by atoms with van der Waals surface area (Å²) in [7, 11) is -3.21. The number of hydrogen-bond donors (Lipinski definition) is 0. The second-order valence-electron chi connectivity index (χ2n) is 12.7. The molecule has 0 saturated carbocycles. The van der Waals surface area contributed by atoms with E-state index in [0.29, 0.717) is 0 Å². The van der Waals surface area contributed by atoms with Gasteiger partial charge in [0.05, 0.1) is 16.9 Å². The molecule has 0 aliphatic carbocycles. The molecule has 0 aliphatic heterocycles.